The number of carbonyl (C=O) groups is 2. The smallest absolute Gasteiger partial charge is 0.325 e. The molecule has 0 spiro atoms. The Morgan fingerprint density at radius 2 is 2.09 bits per heavy atom. The Balaban J connectivity index is 2.71. The van der Waals surface area contributed by atoms with Gasteiger partial charge in [0.15, 0.2) is 5.70 Å². The van der Waals surface area contributed by atoms with Crippen molar-refractivity contribution < 1.29 is 19.4 Å². The molecular formula is C15H17ClN2O4. The van der Waals surface area contributed by atoms with Gasteiger partial charge in [0.25, 0.3) is 5.91 Å². The summed E-state index contributed by atoms with van der Waals surface area (Å²) in [7, 11) is 1.21. The predicted molar refractivity (Wildman–Crippen MR) is 84.0 cm³/mol. The maximum absolute atomic E-state index is 11.8. The summed E-state index contributed by atoms with van der Waals surface area (Å²) < 4.78 is 4.41. The molecule has 2 N–H and O–H groups in total. The molecule has 22 heavy (non-hydrogen) atoms. The number of benzene rings is 1. The zero-order chi connectivity index (χ0) is 16.5. The number of aliphatic hydroxyl groups excluding tert-OH is 1. The summed E-state index contributed by atoms with van der Waals surface area (Å²) in [5.74, 6) is -1.51. The standard InChI is InChI=1S/C15H17ClN2O4/c1-10(19)14(15(21)18-9-13(20)22-2)17-8-7-11-5-3-4-6-12(11)16/h3-6,8,19H,7,9H2,1-2H3,(H,18,21)/b14-10+,17-8-. The molecule has 0 radical (unpaired) electrons. The molecule has 0 unspecified atom stereocenters. The van der Waals surface area contributed by atoms with Gasteiger partial charge in [-0.1, -0.05) is 29.8 Å². The fourth-order valence-electron chi connectivity index (χ4n) is 1.52. The average molecular weight is 325 g/mol. The summed E-state index contributed by atoms with van der Waals surface area (Å²) >= 11 is 6.01. The lowest BCUT2D eigenvalue weighted by atomic mass is 10.2. The van der Waals surface area contributed by atoms with E-state index in [4.69, 9.17) is 11.6 Å². The summed E-state index contributed by atoms with van der Waals surface area (Å²) in [4.78, 5) is 26.8. The molecule has 1 aromatic rings. The van der Waals surface area contributed by atoms with Crippen molar-refractivity contribution in [2.75, 3.05) is 13.7 Å². The Kier molecular flexibility index (Phi) is 7.12. The number of hydrogen-bond donors (Lipinski definition) is 2. The topological polar surface area (TPSA) is 88.0 Å². The van der Waals surface area contributed by atoms with Crippen molar-refractivity contribution in [3.63, 3.8) is 0 Å². The molecule has 1 amide bonds. The highest BCUT2D eigenvalue weighted by Gasteiger charge is 2.13. The number of aliphatic imine (C=N–C) groups is 1. The number of nitrogens with zero attached hydrogens (tertiary/aromatic N) is 1. The third-order valence-corrected chi connectivity index (χ3v) is 3.04. The maximum Gasteiger partial charge on any atom is 0.325 e. The fraction of sp³-hybridized carbons (Fsp3) is 0.267. The third kappa shape index (κ3) is 5.57. The Morgan fingerprint density at radius 3 is 2.68 bits per heavy atom. The zero-order valence-electron chi connectivity index (χ0n) is 12.3. The molecule has 0 aromatic heterocycles. The molecule has 0 bridgehead atoms. The summed E-state index contributed by atoms with van der Waals surface area (Å²) in [6.45, 7) is 1.03. The first-order chi connectivity index (χ1) is 10.5. The van der Waals surface area contributed by atoms with E-state index in [-0.39, 0.29) is 18.0 Å². The van der Waals surface area contributed by atoms with Gasteiger partial charge in [0.2, 0.25) is 0 Å². The molecule has 0 heterocycles. The number of carbonyl (C=O) groups excluding carboxylic acids is 2. The van der Waals surface area contributed by atoms with Gasteiger partial charge in [-0.2, -0.15) is 0 Å². The fourth-order valence-corrected chi connectivity index (χ4v) is 1.74. The number of amides is 1. The van der Waals surface area contributed by atoms with Crippen LogP contribution >= 0.6 is 11.6 Å². The molecular weight excluding hydrogens is 308 g/mol. The minimum absolute atomic E-state index is 0.170. The largest absolute Gasteiger partial charge is 0.510 e. The van der Waals surface area contributed by atoms with E-state index in [9.17, 15) is 14.7 Å². The van der Waals surface area contributed by atoms with Crippen LogP contribution < -0.4 is 5.32 Å². The number of rotatable bonds is 6. The van der Waals surface area contributed by atoms with Crippen LogP contribution in [0.3, 0.4) is 0 Å². The number of hydrogen-bond acceptors (Lipinski definition) is 5. The average Bonchev–Trinajstić information content (AvgIpc) is 2.50. The summed E-state index contributed by atoms with van der Waals surface area (Å²) in [6, 6.07) is 7.24. The SMILES string of the molecule is COC(=O)CNC(=O)C(/N=C\Cc1ccccc1Cl)=C(/C)O. The number of aliphatic hydroxyl groups is 1. The molecule has 0 aliphatic heterocycles. The Bertz CT molecular complexity index is 607. The van der Waals surface area contributed by atoms with Gasteiger partial charge in [0.05, 0.1) is 7.11 Å². The molecule has 6 nitrogen and oxygen atoms in total. The highest BCUT2D eigenvalue weighted by molar-refractivity contribution is 6.31. The van der Waals surface area contributed by atoms with E-state index in [2.05, 4.69) is 15.0 Å². The maximum atomic E-state index is 11.8. The molecule has 118 valence electrons. The lowest BCUT2D eigenvalue weighted by Gasteiger charge is -2.05. The normalized spacial score (nSPS) is 12.0. The molecule has 7 heteroatoms. The van der Waals surface area contributed by atoms with Crippen LogP contribution in [0.5, 0.6) is 0 Å². The van der Waals surface area contributed by atoms with Gasteiger partial charge in [-0.3, -0.25) is 14.6 Å². The third-order valence-electron chi connectivity index (χ3n) is 2.67. The van der Waals surface area contributed by atoms with E-state index in [0.717, 1.165) is 5.56 Å². The number of allylic oxidation sites excluding steroid dienone is 1. The number of methoxy groups -OCH3 is 1. The van der Waals surface area contributed by atoms with Crippen molar-refractivity contribution in [1.82, 2.24) is 5.32 Å². The van der Waals surface area contributed by atoms with Crippen molar-refractivity contribution in [2.24, 2.45) is 4.99 Å². The van der Waals surface area contributed by atoms with Crippen molar-refractivity contribution in [2.45, 2.75) is 13.3 Å². The van der Waals surface area contributed by atoms with E-state index in [1.54, 1.807) is 6.07 Å². The summed E-state index contributed by atoms with van der Waals surface area (Å²) in [5, 5.41) is 12.4. The Morgan fingerprint density at radius 1 is 1.41 bits per heavy atom. The van der Waals surface area contributed by atoms with Crippen LogP contribution in [0.4, 0.5) is 0 Å². The molecule has 0 fully saturated rings. The number of ether oxygens (including phenoxy) is 1. The molecule has 1 rings (SSSR count). The Labute approximate surface area is 133 Å². The summed E-state index contributed by atoms with van der Waals surface area (Å²) in [6.07, 6.45) is 1.87. The van der Waals surface area contributed by atoms with Crippen LogP contribution in [0.1, 0.15) is 12.5 Å². The van der Waals surface area contributed by atoms with Crippen LogP contribution in [0.2, 0.25) is 5.02 Å². The first-order valence-electron chi connectivity index (χ1n) is 6.46. The first-order valence-corrected chi connectivity index (χ1v) is 6.84. The van der Waals surface area contributed by atoms with Crippen LogP contribution in [0.25, 0.3) is 0 Å². The van der Waals surface area contributed by atoms with E-state index >= 15 is 0 Å². The van der Waals surface area contributed by atoms with Crippen LogP contribution in [0.15, 0.2) is 40.7 Å². The zero-order valence-corrected chi connectivity index (χ0v) is 13.1. The second-order valence-electron chi connectivity index (χ2n) is 4.30. The Hall–Kier alpha value is -2.34. The monoisotopic (exact) mass is 324 g/mol. The predicted octanol–water partition coefficient (Wildman–Crippen LogP) is 2.03. The second kappa shape index (κ2) is 8.84. The van der Waals surface area contributed by atoms with E-state index < -0.39 is 11.9 Å². The second-order valence-corrected chi connectivity index (χ2v) is 4.71. The number of halogens is 1. The molecule has 0 atom stereocenters. The van der Waals surface area contributed by atoms with Crippen LogP contribution in [0, 0.1) is 0 Å². The van der Waals surface area contributed by atoms with Gasteiger partial charge in [0, 0.05) is 17.7 Å². The minimum Gasteiger partial charge on any atom is -0.510 e. The van der Waals surface area contributed by atoms with Gasteiger partial charge in [-0.15, -0.1) is 0 Å². The highest BCUT2D eigenvalue weighted by atomic mass is 35.5. The molecule has 0 aliphatic rings. The first kappa shape index (κ1) is 17.7. The lowest BCUT2D eigenvalue weighted by Crippen LogP contribution is -2.31. The molecule has 0 saturated heterocycles. The van der Waals surface area contributed by atoms with Crippen molar-refractivity contribution in [3.05, 3.63) is 46.3 Å². The lowest BCUT2D eigenvalue weighted by molar-refractivity contribution is -0.140. The number of esters is 1. The quantitative estimate of drug-likeness (QED) is 0.363. The van der Waals surface area contributed by atoms with Crippen molar-refractivity contribution in [1.29, 1.82) is 0 Å². The molecule has 1 aromatic carbocycles. The van der Waals surface area contributed by atoms with E-state index in [1.807, 2.05) is 18.2 Å². The van der Waals surface area contributed by atoms with Crippen LogP contribution in [-0.4, -0.2) is 36.9 Å². The van der Waals surface area contributed by atoms with Gasteiger partial charge >= 0.3 is 5.97 Å². The van der Waals surface area contributed by atoms with Crippen LogP contribution in [-0.2, 0) is 20.7 Å². The van der Waals surface area contributed by atoms with Gasteiger partial charge < -0.3 is 15.2 Å². The minimum atomic E-state index is -0.666. The van der Waals surface area contributed by atoms with Gasteiger partial charge in [-0.25, -0.2) is 0 Å². The molecule has 0 saturated carbocycles. The van der Waals surface area contributed by atoms with E-state index in [1.165, 1.54) is 20.2 Å². The van der Waals surface area contributed by atoms with E-state index in [0.29, 0.717) is 11.4 Å². The number of nitrogens with one attached hydrogen (secondary N) is 1. The van der Waals surface area contributed by atoms with Gasteiger partial charge in [-0.05, 0) is 18.6 Å². The van der Waals surface area contributed by atoms with Crippen molar-refractivity contribution >= 4 is 29.7 Å². The highest BCUT2D eigenvalue weighted by Crippen LogP contribution is 2.14. The molecule has 0 aliphatic carbocycles. The van der Waals surface area contributed by atoms with Crippen molar-refractivity contribution in [3.8, 4) is 0 Å². The summed E-state index contributed by atoms with van der Waals surface area (Å²) in [5.41, 5.74) is 0.675. The van der Waals surface area contributed by atoms with Gasteiger partial charge in [0.1, 0.15) is 12.3 Å².